The van der Waals surface area contributed by atoms with E-state index in [1.807, 2.05) is 11.0 Å². The summed E-state index contributed by atoms with van der Waals surface area (Å²) >= 11 is 1.38. The van der Waals surface area contributed by atoms with Crippen LogP contribution >= 0.6 is 11.8 Å². The smallest absolute Gasteiger partial charge is 0.169 e. The minimum absolute atomic E-state index is 0.198. The molecule has 98 valence electrons. The molecule has 0 aliphatic carbocycles. The molecule has 2 aliphatic heterocycles. The molecule has 4 rings (SSSR count). The molecular weight excluding hydrogens is 274 g/mol. The zero-order chi connectivity index (χ0) is 13.7. The van der Waals surface area contributed by atoms with Gasteiger partial charge in [0.15, 0.2) is 10.9 Å². The normalized spacial score (nSPS) is 17.6. The van der Waals surface area contributed by atoms with Crippen molar-refractivity contribution in [3.63, 3.8) is 0 Å². The van der Waals surface area contributed by atoms with E-state index in [9.17, 15) is 10.4 Å². The van der Waals surface area contributed by atoms with Gasteiger partial charge in [-0.05, 0) is 36.0 Å². The van der Waals surface area contributed by atoms with Crippen LogP contribution in [-0.4, -0.2) is 28.3 Å². The molecule has 0 fully saturated rings. The predicted molar refractivity (Wildman–Crippen MR) is 77.0 cm³/mol. The molecule has 0 saturated heterocycles. The van der Waals surface area contributed by atoms with Gasteiger partial charge in [-0.2, -0.15) is 5.26 Å². The van der Waals surface area contributed by atoms with E-state index in [4.69, 9.17) is 4.42 Å². The second-order valence-electron chi connectivity index (χ2n) is 4.54. The quantitative estimate of drug-likeness (QED) is 0.871. The van der Waals surface area contributed by atoms with Crippen molar-refractivity contribution in [2.75, 3.05) is 13.1 Å². The van der Waals surface area contributed by atoms with Gasteiger partial charge >= 0.3 is 0 Å². The number of nitriles is 1. The predicted octanol–water partition coefficient (Wildman–Crippen LogP) is 2.75. The van der Waals surface area contributed by atoms with Crippen LogP contribution in [0.4, 0.5) is 0 Å². The monoisotopic (exact) mass is 283 g/mol. The van der Waals surface area contributed by atoms with Crippen molar-refractivity contribution >= 4 is 33.6 Å². The number of fused-ring (bicyclic) bond motifs is 2. The average Bonchev–Trinajstić information content (AvgIpc) is 3.09. The number of furan rings is 1. The van der Waals surface area contributed by atoms with Gasteiger partial charge in [0, 0.05) is 11.9 Å². The van der Waals surface area contributed by atoms with Gasteiger partial charge in [-0.1, -0.05) is 0 Å². The zero-order valence-electron chi connectivity index (χ0n) is 10.3. The minimum atomic E-state index is 0.198. The molecular formula is C14H9N3O2S. The fourth-order valence-electron chi connectivity index (χ4n) is 2.45. The van der Waals surface area contributed by atoms with Gasteiger partial charge in [-0.25, -0.2) is 0 Å². The van der Waals surface area contributed by atoms with Crippen LogP contribution in [0.1, 0.15) is 5.76 Å². The molecule has 0 radical (unpaired) electrons. The SMILES string of the molecule is N#CC1=C(c2cc3cc(O)ccc3o2)N2CCN=C2S1. The Morgan fingerprint density at radius 1 is 1.40 bits per heavy atom. The molecule has 1 aromatic carbocycles. The molecule has 0 unspecified atom stereocenters. The van der Waals surface area contributed by atoms with Gasteiger partial charge < -0.3 is 14.4 Å². The molecule has 1 aromatic heterocycles. The van der Waals surface area contributed by atoms with E-state index in [1.54, 1.807) is 18.2 Å². The number of nitrogens with zero attached hydrogens (tertiary/aromatic N) is 3. The van der Waals surface area contributed by atoms with Crippen LogP contribution in [0, 0.1) is 11.3 Å². The van der Waals surface area contributed by atoms with Gasteiger partial charge in [-0.3, -0.25) is 4.99 Å². The summed E-state index contributed by atoms with van der Waals surface area (Å²) in [5.41, 5.74) is 1.47. The highest BCUT2D eigenvalue weighted by molar-refractivity contribution is 8.18. The fraction of sp³-hybridized carbons (Fsp3) is 0.143. The number of aromatic hydroxyl groups is 1. The molecule has 5 nitrogen and oxygen atoms in total. The van der Waals surface area contributed by atoms with E-state index in [0.717, 1.165) is 29.3 Å². The first-order valence-electron chi connectivity index (χ1n) is 6.13. The van der Waals surface area contributed by atoms with Crippen LogP contribution in [0.5, 0.6) is 5.75 Å². The molecule has 3 heterocycles. The van der Waals surface area contributed by atoms with E-state index in [0.29, 0.717) is 16.2 Å². The lowest BCUT2D eigenvalue weighted by atomic mass is 10.2. The number of benzene rings is 1. The molecule has 0 amide bonds. The Balaban J connectivity index is 1.89. The lowest BCUT2D eigenvalue weighted by Gasteiger charge is -2.13. The van der Waals surface area contributed by atoms with Crippen LogP contribution in [-0.2, 0) is 0 Å². The number of hydrogen-bond donors (Lipinski definition) is 1. The lowest BCUT2D eigenvalue weighted by molar-refractivity contribution is 0.475. The van der Waals surface area contributed by atoms with E-state index in [-0.39, 0.29) is 5.75 Å². The number of aliphatic imine (C=N–C) groups is 1. The highest BCUT2D eigenvalue weighted by Crippen LogP contribution is 2.42. The highest BCUT2D eigenvalue weighted by Gasteiger charge is 2.34. The summed E-state index contributed by atoms with van der Waals surface area (Å²) in [5, 5.41) is 20.5. The van der Waals surface area contributed by atoms with Crippen LogP contribution in [0.3, 0.4) is 0 Å². The van der Waals surface area contributed by atoms with E-state index < -0.39 is 0 Å². The number of thioether (sulfide) groups is 1. The molecule has 2 aromatic rings. The van der Waals surface area contributed by atoms with Gasteiger partial charge in [0.1, 0.15) is 28.0 Å². The highest BCUT2D eigenvalue weighted by atomic mass is 32.2. The number of rotatable bonds is 1. The molecule has 20 heavy (non-hydrogen) atoms. The van der Waals surface area contributed by atoms with Crippen molar-refractivity contribution in [2.45, 2.75) is 0 Å². The van der Waals surface area contributed by atoms with Crippen molar-refractivity contribution in [3.8, 4) is 11.8 Å². The van der Waals surface area contributed by atoms with Gasteiger partial charge in [0.2, 0.25) is 0 Å². The Labute approximate surface area is 118 Å². The molecule has 0 saturated carbocycles. The van der Waals surface area contributed by atoms with Crippen LogP contribution in [0.25, 0.3) is 16.7 Å². The largest absolute Gasteiger partial charge is 0.508 e. The van der Waals surface area contributed by atoms with E-state index in [1.165, 1.54) is 11.8 Å². The van der Waals surface area contributed by atoms with Crippen molar-refractivity contribution in [1.82, 2.24) is 4.90 Å². The third kappa shape index (κ3) is 1.53. The van der Waals surface area contributed by atoms with Crippen molar-refractivity contribution in [3.05, 3.63) is 34.9 Å². The van der Waals surface area contributed by atoms with E-state index in [2.05, 4.69) is 11.1 Å². The number of hydrogen-bond acceptors (Lipinski definition) is 6. The average molecular weight is 283 g/mol. The lowest BCUT2D eigenvalue weighted by Crippen LogP contribution is -2.19. The molecule has 6 heteroatoms. The maximum atomic E-state index is 9.51. The zero-order valence-corrected chi connectivity index (χ0v) is 11.1. The Morgan fingerprint density at radius 2 is 2.30 bits per heavy atom. The van der Waals surface area contributed by atoms with Crippen LogP contribution < -0.4 is 0 Å². The van der Waals surface area contributed by atoms with Crippen molar-refractivity contribution in [1.29, 1.82) is 5.26 Å². The second-order valence-corrected chi connectivity index (χ2v) is 5.52. The Kier molecular flexibility index (Phi) is 2.32. The Morgan fingerprint density at radius 3 is 3.15 bits per heavy atom. The molecule has 2 aliphatic rings. The molecule has 0 bridgehead atoms. The van der Waals surface area contributed by atoms with Crippen LogP contribution in [0.2, 0.25) is 0 Å². The summed E-state index contributed by atoms with van der Waals surface area (Å²) in [4.78, 5) is 6.99. The van der Waals surface area contributed by atoms with Gasteiger partial charge in [-0.15, -0.1) is 0 Å². The van der Waals surface area contributed by atoms with Gasteiger partial charge in [0.05, 0.1) is 6.54 Å². The minimum Gasteiger partial charge on any atom is -0.508 e. The number of phenolic OH excluding ortho intramolecular Hbond substituents is 1. The maximum Gasteiger partial charge on any atom is 0.169 e. The Bertz CT molecular complexity index is 829. The van der Waals surface area contributed by atoms with E-state index >= 15 is 0 Å². The molecule has 0 spiro atoms. The standard InChI is InChI=1S/C14H9N3O2S/c15-7-12-13(17-4-3-16-14(17)20-12)11-6-8-5-9(18)1-2-10(8)19-11/h1-2,5-6,18H,3-4H2. The summed E-state index contributed by atoms with van der Waals surface area (Å²) in [5.74, 6) is 0.838. The van der Waals surface area contributed by atoms with Gasteiger partial charge in [0.25, 0.3) is 0 Å². The second kappa shape index (κ2) is 4.05. The summed E-state index contributed by atoms with van der Waals surface area (Å²) in [6.07, 6.45) is 0. The number of phenols is 1. The third-order valence-corrected chi connectivity index (χ3v) is 4.34. The third-order valence-electron chi connectivity index (χ3n) is 3.31. The molecule has 0 atom stereocenters. The Hall–Kier alpha value is -2.39. The summed E-state index contributed by atoms with van der Waals surface area (Å²) in [7, 11) is 0. The fourth-order valence-corrected chi connectivity index (χ4v) is 3.44. The summed E-state index contributed by atoms with van der Waals surface area (Å²) in [6, 6.07) is 9.02. The summed E-state index contributed by atoms with van der Waals surface area (Å²) < 4.78 is 5.82. The van der Waals surface area contributed by atoms with Crippen molar-refractivity contribution < 1.29 is 9.52 Å². The first kappa shape index (κ1) is 11.4. The maximum absolute atomic E-state index is 9.51. The van der Waals surface area contributed by atoms with Crippen LogP contribution in [0.15, 0.2) is 38.6 Å². The topological polar surface area (TPSA) is 72.8 Å². The summed E-state index contributed by atoms with van der Waals surface area (Å²) in [6.45, 7) is 1.51. The number of allylic oxidation sites excluding steroid dienone is 1. The number of amidine groups is 1. The first-order chi connectivity index (χ1) is 9.76. The molecule has 1 N–H and O–H groups in total. The van der Waals surface area contributed by atoms with Crippen molar-refractivity contribution in [2.24, 2.45) is 4.99 Å². The first-order valence-corrected chi connectivity index (χ1v) is 6.95.